The van der Waals surface area contributed by atoms with Gasteiger partial charge < -0.3 is 10.8 Å². The Hall–Kier alpha value is -1.63. The number of nitrogens with two attached hydrogens (primary N) is 1. The van der Waals surface area contributed by atoms with Gasteiger partial charge in [0.2, 0.25) is 0 Å². The number of hydrogen-bond acceptors (Lipinski definition) is 2. The van der Waals surface area contributed by atoms with Gasteiger partial charge in [-0.15, -0.1) is 0 Å². The average Bonchev–Trinajstić information content (AvgIpc) is 2.23. The third-order valence-corrected chi connectivity index (χ3v) is 3.45. The van der Waals surface area contributed by atoms with Gasteiger partial charge in [0.1, 0.15) is 5.82 Å². The number of carbonyl (C=O) groups is 1. The summed E-state index contributed by atoms with van der Waals surface area (Å²) in [6.45, 7) is 0. The number of benzene rings is 1. The van der Waals surface area contributed by atoms with Gasteiger partial charge in [-0.05, 0) is 18.9 Å². The third kappa shape index (κ3) is 2.07. The molecular weight excluding hydrogens is 266 g/mol. The molecule has 0 atom stereocenters. The van der Waals surface area contributed by atoms with E-state index in [1.807, 2.05) is 0 Å². The molecule has 3 N–H and O–H groups in total. The van der Waals surface area contributed by atoms with Crippen molar-refractivity contribution in [1.29, 1.82) is 0 Å². The highest BCUT2D eigenvalue weighted by atomic mass is 19.4. The Labute approximate surface area is 106 Å². The summed E-state index contributed by atoms with van der Waals surface area (Å²) in [5.74, 6) is -2.88. The Balaban J connectivity index is 2.55. The zero-order valence-corrected chi connectivity index (χ0v) is 9.67. The maximum atomic E-state index is 13.9. The summed E-state index contributed by atoms with van der Waals surface area (Å²) in [7, 11) is 0. The molecule has 0 amide bonds. The molecule has 1 fully saturated rings. The van der Waals surface area contributed by atoms with E-state index in [-0.39, 0.29) is 12.8 Å². The highest BCUT2D eigenvalue weighted by molar-refractivity contribution is 5.83. The van der Waals surface area contributed by atoms with Gasteiger partial charge in [-0.3, -0.25) is 4.79 Å². The summed E-state index contributed by atoms with van der Waals surface area (Å²) in [4.78, 5) is 11.3. The minimum Gasteiger partial charge on any atom is -0.481 e. The van der Waals surface area contributed by atoms with Crippen LogP contribution in [0.1, 0.15) is 24.0 Å². The van der Waals surface area contributed by atoms with Crippen molar-refractivity contribution >= 4 is 5.97 Å². The van der Waals surface area contributed by atoms with Crippen LogP contribution in [0, 0.1) is 5.82 Å². The number of aliphatic carboxylic acids is 1. The van der Waals surface area contributed by atoms with Crippen molar-refractivity contribution in [1.82, 2.24) is 0 Å². The summed E-state index contributed by atoms with van der Waals surface area (Å²) >= 11 is 0. The lowest BCUT2D eigenvalue weighted by molar-refractivity contribution is -0.149. The predicted molar refractivity (Wildman–Crippen MR) is 57.9 cm³/mol. The molecule has 7 heteroatoms. The molecule has 0 heterocycles. The molecule has 3 nitrogen and oxygen atoms in total. The standard InChI is InChI=1S/C12H11F4NO2/c13-9-7(2-1-3-8(9)12(14,15)16)11(10(18)19)4-6(17)5-11/h1-3,6H,4-5,17H2,(H,18,19). The first-order valence-electron chi connectivity index (χ1n) is 5.53. The van der Waals surface area contributed by atoms with Crippen LogP contribution in [0.25, 0.3) is 0 Å². The normalized spacial score (nSPS) is 26.9. The molecule has 19 heavy (non-hydrogen) atoms. The highest BCUT2D eigenvalue weighted by Crippen LogP contribution is 2.46. The lowest BCUT2D eigenvalue weighted by atomic mass is 9.61. The first-order chi connectivity index (χ1) is 8.68. The smallest absolute Gasteiger partial charge is 0.419 e. The van der Waals surface area contributed by atoms with Crippen LogP contribution in [-0.4, -0.2) is 17.1 Å². The van der Waals surface area contributed by atoms with Gasteiger partial charge in [-0.25, -0.2) is 4.39 Å². The largest absolute Gasteiger partial charge is 0.481 e. The number of rotatable bonds is 2. The van der Waals surface area contributed by atoms with E-state index in [1.165, 1.54) is 0 Å². The summed E-state index contributed by atoms with van der Waals surface area (Å²) in [6, 6.07) is 2.23. The van der Waals surface area contributed by atoms with Gasteiger partial charge in [0.15, 0.2) is 0 Å². The molecule has 0 aromatic heterocycles. The number of carboxylic acid groups (broad SMARTS) is 1. The topological polar surface area (TPSA) is 63.3 Å². The van der Waals surface area contributed by atoms with Gasteiger partial charge in [-0.2, -0.15) is 13.2 Å². The van der Waals surface area contributed by atoms with Gasteiger partial charge >= 0.3 is 12.1 Å². The third-order valence-electron chi connectivity index (χ3n) is 3.45. The molecular formula is C12H11F4NO2. The van der Waals surface area contributed by atoms with E-state index in [9.17, 15) is 22.4 Å². The zero-order chi connectivity index (χ0) is 14.4. The Morgan fingerprint density at radius 1 is 1.37 bits per heavy atom. The zero-order valence-electron chi connectivity index (χ0n) is 9.67. The summed E-state index contributed by atoms with van der Waals surface area (Å²) in [5.41, 5.74) is 1.95. The van der Waals surface area contributed by atoms with Crippen molar-refractivity contribution in [2.75, 3.05) is 0 Å². The highest BCUT2D eigenvalue weighted by Gasteiger charge is 2.53. The average molecular weight is 277 g/mol. The Morgan fingerprint density at radius 3 is 2.37 bits per heavy atom. The molecule has 0 unspecified atom stereocenters. The second-order valence-corrected chi connectivity index (χ2v) is 4.72. The van der Waals surface area contributed by atoms with Crippen LogP contribution in [0.15, 0.2) is 18.2 Å². The van der Waals surface area contributed by atoms with Crippen molar-refractivity contribution in [2.45, 2.75) is 30.5 Å². The van der Waals surface area contributed by atoms with Gasteiger partial charge in [0, 0.05) is 11.6 Å². The maximum absolute atomic E-state index is 13.9. The van der Waals surface area contributed by atoms with Crippen LogP contribution >= 0.6 is 0 Å². The van der Waals surface area contributed by atoms with E-state index >= 15 is 0 Å². The molecule has 0 bridgehead atoms. The van der Waals surface area contributed by atoms with Crippen molar-refractivity contribution in [3.8, 4) is 0 Å². The molecule has 0 radical (unpaired) electrons. The van der Waals surface area contributed by atoms with Gasteiger partial charge in [-0.1, -0.05) is 12.1 Å². The molecule has 1 aliphatic rings. The number of hydrogen-bond donors (Lipinski definition) is 2. The minimum absolute atomic E-state index is 0.0689. The molecule has 1 saturated carbocycles. The lowest BCUT2D eigenvalue weighted by Gasteiger charge is -2.43. The van der Waals surface area contributed by atoms with E-state index in [2.05, 4.69) is 0 Å². The van der Waals surface area contributed by atoms with Crippen LogP contribution in [0.3, 0.4) is 0 Å². The summed E-state index contributed by atoms with van der Waals surface area (Å²) in [6.07, 6.45) is -4.99. The molecule has 2 rings (SSSR count). The Bertz CT molecular complexity index is 521. The second-order valence-electron chi connectivity index (χ2n) is 4.72. The lowest BCUT2D eigenvalue weighted by Crippen LogP contribution is -2.54. The molecule has 0 spiro atoms. The van der Waals surface area contributed by atoms with Crippen LogP contribution in [0.2, 0.25) is 0 Å². The summed E-state index contributed by atoms with van der Waals surface area (Å²) < 4.78 is 51.8. The quantitative estimate of drug-likeness (QED) is 0.815. The molecule has 104 valence electrons. The van der Waals surface area contributed by atoms with E-state index in [4.69, 9.17) is 10.8 Å². The van der Waals surface area contributed by atoms with Crippen LogP contribution < -0.4 is 5.73 Å². The predicted octanol–water partition coefficient (Wildman–Crippen LogP) is 2.29. The van der Waals surface area contributed by atoms with Crippen LogP contribution in [-0.2, 0) is 16.4 Å². The van der Waals surface area contributed by atoms with Crippen LogP contribution in [0.4, 0.5) is 17.6 Å². The molecule has 0 aliphatic heterocycles. The fourth-order valence-corrected chi connectivity index (χ4v) is 2.47. The van der Waals surface area contributed by atoms with Crippen LogP contribution in [0.5, 0.6) is 0 Å². The van der Waals surface area contributed by atoms with E-state index in [0.717, 1.165) is 12.1 Å². The SMILES string of the molecule is NC1CC(C(=O)O)(c2cccc(C(F)(F)F)c2F)C1. The van der Waals surface area contributed by atoms with Crippen molar-refractivity contribution < 1.29 is 27.5 Å². The van der Waals surface area contributed by atoms with E-state index in [1.54, 1.807) is 0 Å². The molecule has 1 aromatic rings. The maximum Gasteiger partial charge on any atom is 0.419 e. The number of carboxylic acids is 1. The van der Waals surface area contributed by atoms with Crippen molar-refractivity contribution in [3.05, 3.63) is 35.1 Å². The Kier molecular flexibility index (Phi) is 3.04. The fraction of sp³-hybridized carbons (Fsp3) is 0.417. The monoisotopic (exact) mass is 277 g/mol. The summed E-state index contributed by atoms with van der Waals surface area (Å²) in [5, 5.41) is 9.17. The van der Waals surface area contributed by atoms with Gasteiger partial charge in [0.05, 0.1) is 11.0 Å². The van der Waals surface area contributed by atoms with E-state index < -0.39 is 40.5 Å². The molecule has 1 aromatic carbocycles. The first-order valence-corrected chi connectivity index (χ1v) is 5.53. The minimum atomic E-state index is -4.86. The molecule has 1 aliphatic carbocycles. The van der Waals surface area contributed by atoms with Crippen molar-refractivity contribution in [3.63, 3.8) is 0 Å². The van der Waals surface area contributed by atoms with Gasteiger partial charge in [0.25, 0.3) is 0 Å². The number of halogens is 4. The van der Waals surface area contributed by atoms with E-state index in [0.29, 0.717) is 6.07 Å². The van der Waals surface area contributed by atoms with Crippen molar-refractivity contribution in [2.24, 2.45) is 5.73 Å². The number of alkyl halides is 3. The second kappa shape index (κ2) is 4.19. The molecule has 0 saturated heterocycles. The fourth-order valence-electron chi connectivity index (χ4n) is 2.47. The first kappa shape index (κ1) is 13.8. The Morgan fingerprint density at radius 2 is 1.95 bits per heavy atom.